The minimum absolute atomic E-state index is 0.143. The van der Waals surface area contributed by atoms with E-state index in [0.717, 1.165) is 42.4 Å². The molecule has 7 nitrogen and oxygen atoms in total. The summed E-state index contributed by atoms with van der Waals surface area (Å²) < 4.78 is 12.9. The molecule has 146 valence electrons. The van der Waals surface area contributed by atoms with Crippen LogP contribution in [-0.4, -0.2) is 59.3 Å². The number of methoxy groups -OCH3 is 1. The molecule has 1 saturated heterocycles. The molecule has 0 bridgehead atoms. The van der Waals surface area contributed by atoms with E-state index >= 15 is 0 Å². The Hall–Kier alpha value is -2.77. The van der Waals surface area contributed by atoms with Gasteiger partial charge in [0.2, 0.25) is 5.95 Å². The molecule has 2 aromatic heterocycles. The summed E-state index contributed by atoms with van der Waals surface area (Å²) in [4.78, 5) is 11.4. The number of ether oxygens (including phenoxy) is 2. The van der Waals surface area contributed by atoms with Crippen LogP contribution in [0.15, 0.2) is 48.9 Å². The summed E-state index contributed by atoms with van der Waals surface area (Å²) in [5, 5.41) is 4.52. The predicted molar refractivity (Wildman–Crippen MR) is 108 cm³/mol. The van der Waals surface area contributed by atoms with E-state index < -0.39 is 0 Å². The molecule has 0 radical (unpaired) electrons. The summed E-state index contributed by atoms with van der Waals surface area (Å²) in [6.07, 6.45) is 6.68. The Balaban J connectivity index is 1.54. The number of hydrogen-bond acceptors (Lipinski definition) is 6. The molecule has 28 heavy (non-hydrogen) atoms. The Morgan fingerprint density at radius 2 is 2.14 bits per heavy atom. The second kappa shape index (κ2) is 8.50. The summed E-state index contributed by atoms with van der Waals surface area (Å²) in [6.45, 7) is 5.01. The van der Waals surface area contributed by atoms with Crippen LogP contribution in [0.3, 0.4) is 0 Å². The fourth-order valence-electron chi connectivity index (χ4n) is 3.39. The maximum atomic E-state index is 5.82. The number of aromatic nitrogens is 4. The monoisotopic (exact) mass is 379 g/mol. The van der Waals surface area contributed by atoms with Crippen LogP contribution in [0.4, 0.5) is 5.95 Å². The van der Waals surface area contributed by atoms with E-state index in [-0.39, 0.29) is 6.10 Å². The highest BCUT2D eigenvalue weighted by Gasteiger charge is 2.22. The normalized spacial score (nSPS) is 17.1. The van der Waals surface area contributed by atoms with Crippen molar-refractivity contribution >= 4 is 5.95 Å². The molecule has 0 saturated carbocycles. The summed E-state index contributed by atoms with van der Waals surface area (Å²) in [5.74, 6) is 0.729. The van der Waals surface area contributed by atoms with Gasteiger partial charge in [-0.25, -0.2) is 14.6 Å². The first-order chi connectivity index (χ1) is 13.7. The lowest BCUT2D eigenvalue weighted by molar-refractivity contribution is 0.0187. The lowest BCUT2D eigenvalue weighted by Gasteiger charge is -2.33. The Morgan fingerprint density at radius 3 is 3.00 bits per heavy atom. The van der Waals surface area contributed by atoms with E-state index in [1.54, 1.807) is 7.11 Å². The van der Waals surface area contributed by atoms with E-state index in [0.29, 0.717) is 13.2 Å². The van der Waals surface area contributed by atoms with Crippen molar-refractivity contribution in [3.63, 3.8) is 0 Å². The number of para-hydroxylation sites is 1. The van der Waals surface area contributed by atoms with Gasteiger partial charge in [0.05, 0.1) is 30.3 Å². The number of aryl methyl sites for hydroxylation is 1. The van der Waals surface area contributed by atoms with Crippen LogP contribution in [0.25, 0.3) is 16.9 Å². The average molecular weight is 379 g/mol. The van der Waals surface area contributed by atoms with Crippen molar-refractivity contribution in [2.24, 2.45) is 0 Å². The van der Waals surface area contributed by atoms with Crippen LogP contribution in [-0.2, 0) is 9.47 Å². The van der Waals surface area contributed by atoms with Gasteiger partial charge in [0, 0.05) is 44.8 Å². The van der Waals surface area contributed by atoms with Crippen LogP contribution in [0.2, 0.25) is 0 Å². The van der Waals surface area contributed by atoms with Gasteiger partial charge in [0.25, 0.3) is 0 Å². The molecule has 1 unspecified atom stereocenters. The number of hydrogen-bond donors (Lipinski definition) is 0. The summed E-state index contributed by atoms with van der Waals surface area (Å²) in [5.41, 5.74) is 4.08. The zero-order valence-corrected chi connectivity index (χ0v) is 16.3. The van der Waals surface area contributed by atoms with Crippen LogP contribution >= 0.6 is 0 Å². The molecule has 7 heteroatoms. The van der Waals surface area contributed by atoms with Crippen molar-refractivity contribution in [1.29, 1.82) is 0 Å². The van der Waals surface area contributed by atoms with Gasteiger partial charge in [0.15, 0.2) is 0 Å². The zero-order chi connectivity index (χ0) is 19.3. The number of rotatable bonds is 6. The van der Waals surface area contributed by atoms with Crippen LogP contribution in [0, 0.1) is 6.92 Å². The number of nitrogens with zero attached hydrogens (tertiary/aromatic N) is 5. The van der Waals surface area contributed by atoms with Gasteiger partial charge in [-0.1, -0.05) is 18.2 Å². The molecule has 3 aromatic rings. The second-order valence-electron chi connectivity index (χ2n) is 6.92. The average Bonchev–Trinajstić information content (AvgIpc) is 3.23. The van der Waals surface area contributed by atoms with Crippen molar-refractivity contribution in [3.05, 3.63) is 54.5 Å². The number of morpholine rings is 1. The van der Waals surface area contributed by atoms with Crippen LogP contribution in [0.1, 0.15) is 12.0 Å². The third-order valence-electron chi connectivity index (χ3n) is 4.95. The van der Waals surface area contributed by atoms with E-state index in [9.17, 15) is 0 Å². The molecule has 0 spiro atoms. The second-order valence-corrected chi connectivity index (χ2v) is 6.92. The molecule has 0 N–H and O–H groups in total. The first kappa shape index (κ1) is 18.6. The van der Waals surface area contributed by atoms with Crippen molar-refractivity contribution < 1.29 is 9.47 Å². The van der Waals surface area contributed by atoms with Gasteiger partial charge in [-0.2, -0.15) is 5.10 Å². The third kappa shape index (κ3) is 4.05. The quantitative estimate of drug-likeness (QED) is 0.656. The molecule has 1 atom stereocenters. The Kier molecular flexibility index (Phi) is 5.64. The minimum atomic E-state index is 0.143. The first-order valence-corrected chi connectivity index (χ1v) is 9.54. The van der Waals surface area contributed by atoms with Gasteiger partial charge in [-0.15, -0.1) is 0 Å². The highest BCUT2D eigenvalue weighted by molar-refractivity contribution is 5.59. The molecule has 0 aliphatic carbocycles. The Morgan fingerprint density at radius 1 is 1.25 bits per heavy atom. The maximum absolute atomic E-state index is 5.82. The van der Waals surface area contributed by atoms with E-state index in [4.69, 9.17) is 14.5 Å². The number of anilines is 1. The summed E-state index contributed by atoms with van der Waals surface area (Å²) in [6, 6.07) is 10.1. The van der Waals surface area contributed by atoms with Crippen molar-refractivity contribution in [3.8, 4) is 16.9 Å². The highest BCUT2D eigenvalue weighted by atomic mass is 16.5. The maximum Gasteiger partial charge on any atom is 0.226 e. The molecule has 1 aromatic carbocycles. The Bertz CT molecular complexity index is 926. The number of benzene rings is 1. The highest BCUT2D eigenvalue weighted by Crippen LogP contribution is 2.22. The fourth-order valence-corrected chi connectivity index (χ4v) is 3.39. The molecular formula is C21H25N5O2. The van der Waals surface area contributed by atoms with E-state index in [1.807, 2.05) is 41.5 Å². The molecule has 3 heterocycles. The molecule has 1 aliphatic rings. The van der Waals surface area contributed by atoms with Crippen LogP contribution < -0.4 is 4.90 Å². The standard InChI is InChI=1S/C21H25N5O2/c1-16-5-3-4-6-20(16)26-14-17(13-23-26)19-7-9-22-21(24-19)25-10-12-28-18(15-25)8-11-27-2/h3-7,9,13-14,18H,8,10-12,15H2,1-2H3. The smallest absolute Gasteiger partial charge is 0.226 e. The largest absolute Gasteiger partial charge is 0.385 e. The Labute approximate surface area is 164 Å². The first-order valence-electron chi connectivity index (χ1n) is 9.54. The minimum Gasteiger partial charge on any atom is -0.385 e. The summed E-state index contributed by atoms with van der Waals surface area (Å²) in [7, 11) is 1.71. The SMILES string of the molecule is COCCC1CN(c2nccc(-c3cnn(-c4ccccc4C)c3)n2)CCO1. The third-order valence-corrected chi connectivity index (χ3v) is 4.95. The summed E-state index contributed by atoms with van der Waals surface area (Å²) >= 11 is 0. The van der Waals surface area contributed by atoms with Gasteiger partial charge in [-0.05, 0) is 31.0 Å². The van der Waals surface area contributed by atoms with Crippen LogP contribution in [0.5, 0.6) is 0 Å². The van der Waals surface area contributed by atoms with Gasteiger partial charge in [-0.3, -0.25) is 0 Å². The lowest BCUT2D eigenvalue weighted by Crippen LogP contribution is -2.43. The molecule has 1 aliphatic heterocycles. The fraction of sp³-hybridized carbons (Fsp3) is 0.381. The van der Waals surface area contributed by atoms with Crippen molar-refractivity contribution in [2.75, 3.05) is 38.3 Å². The van der Waals surface area contributed by atoms with Gasteiger partial charge < -0.3 is 14.4 Å². The van der Waals surface area contributed by atoms with E-state index in [2.05, 4.69) is 34.0 Å². The molecule has 1 fully saturated rings. The van der Waals surface area contributed by atoms with Crippen molar-refractivity contribution in [1.82, 2.24) is 19.7 Å². The van der Waals surface area contributed by atoms with Gasteiger partial charge in [0.1, 0.15) is 0 Å². The lowest BCUT2D eigenvalue weighted by atomic mass is 10.2. The van der Waals surface area contributed by atoms with Crippen molar-refractivity contribution in [2.45, 2.75) is 19.4 Å². The molecule has 4 rings (SSSR count). The molecular weight excluding hydrogens is 354 g/mol. The molecule has 0 amide bonds. The van der Waals surface area contributed by atoms with Gasteiger partial charge >= 0.3 is 0 Å². The predicted octanol–water partition coefficient (Wildman–Crippen LogP) is 2.88. The zero-order valence-electron chi connectivity index (χ0n) is 16.3. The van der Waals surface area contributed by atoms with E-state index in [1.165, 1.54) is 5.56 Å². The topological polar surface area (TPSA) is 65.3 Å².